The second kappa shape index (κ2) is 7.14. The highest BCUT2D eigenvalue weighted by Gasteiger charge is 2.21. The van der Waals surface area contributed by atoms with Gasteiger partial charge in [0.15, 0.2) is 0 Å². The van der Waals surface area contributed by atoms with Crippen LogP contribution in [0.3, 0.4) is 0 Å². The number of aliphatic carboxylic acids is 1. The maximum atomic E-state index is 11.4. The molecule has 22 heavy (non-hydrogen) atoms. The molecule has 1 heterocycles. The summed E-state index contributed by atoms with van der Waals surface area (Å²) in [6, 6.07) is 5.53. The van der Waals surface area contributed by atoms with E-state index in [2.05, 4.69) is 32.2 Å². The molecule has 1 aromatic rings. The van der Waals surface area contributed by atoms with Crippen LogP contribution in [0.2, 0.25) is 0 Å². The Kier molecular flexibility index (Phi) is 5.46. The molecule has 2 rings (SSSR count). The monoisotopic (exact) mass is 305 g/mol. The van der Waals surface area contributed by atoms with Gasteiger partial charge in [-0.3, -0.25) is 4.79 Å². The Morgan fingerprint density at radius 1 is 1.41 bits per heavy atom. The van der Waals surface area contributed by atoms with Crippen LogP contribution in [0.1, 0.15) is 51.2 Å². The summed E-state index contributed by atoms with van der Waals surface area (Å²) in [5.41, 5.74) is 2.52. The second-order valence-corrected chi connectivity index (χ2v) is 7.22. The van der Waals surface area contributed by atoms with Crippen LogP contribution in [0.15, 0.2) is 18.2 Å². The van der Waals surface area contributed by atoms with E-state index >= 15 is 0 Å². The molecule has 0 amide bonds. The van der Waals surface area contributed by atoms with E-state index in [1.54, 1.807) is 0 Å². The van der Waals surface area contributed by atoms with Crippen LogP contribution in [-0.4, -0.2) is 23.7 Å². The first-order chi connectivity index (χ1) is 10.4. The zero-order valence-electron chi connectivity index (χ0n) is 13.8. The van der Waals surface area contributed by atoms with Gasteiger partial charge >= 0.3 is 5.97 Å². The quantitative estimate of drug-likeness (QED) is 0.846. The van der Waals surface area contributed by atoms with E-state index in [4.69, 9.17) is 4.74 Å². The van der Waals surface area contributed by atoms with Gasteiger partial charge in [-0.25, -0.2) is 0 Å². The molecule has 0 saturated carbocycles. The summed E-state index contributed by atoms with van der Waals surface area (Å²) in [4.78, 5) is 11.4. The van der Waals surface area contributed by atoms with Gasteiger partial charge in [0, 0.05) is 6.54 Å². The summed E-state index contributed by atoms with van der Waals surface area (Å²) in [6.07, 6.45) is 3.56. The third-order valence-corrected chi connectivity index (χ3v) is 4.08. The van der Waals surface area contributed by atoms with Gasteiger partial charge in [-0.2, -0.15) is 0 Å². The van der Waals surface area contributed by atoms with Gasteiger partial charge in [0.05, 0.1) is 6.61 Å². The van der Waals surface area contributed by atoms with Gasteiger partial charge in [0.25, 0.3) is 0 Å². The maximum Gasteiger partial charge on any atom is 0.320 e. The number of hydrogen-bond donors (Lipinski definition) is 2. The first-order valence-corrected chi connectivity index (χ1v) is 8.06. The Balaban J connectivity index is 1.99. The number of carboxylic acid groups (broad SMARTS) is 1. The maximum absolute atomic E-state index is 11.4. The third-order valence-electron chi connectivity index (χ3n) is 4.08. The average molecular weight is 305 g/mol. The number of ether oxygens (including phenoxy) is 1. The molecule has 122 valence electrons. The lowest BCUT2D eigenvalue weighted by molar-refractivity contribution is -0.139. The molecular weight excluding hydrogens is 278 g/mol. The molecule has 0 aromatic heterocycles. The van der Waals surface area contributed by atoms with E-state index in [1.807, 2.05) is 12.1 Å². The fraction of sp³-hybridized carbons (Fsp3) is 0.611. The van der Waals surface area contributed by atoms with Crippen LogP contribution in [0.25, 0.3) is 0 Å². The van der Waals surface area contributed by atoms with E-state index in [9.17, 15) is 9.90 Å². The minimum Gasteiger partial charge on any atom is -0.493 e. The van der Waals surface area contributed by atoms with Crippen LogP contribution < -0.4 is 10.1 Å². The van der Waals surface area contributed by atoms with E-state index in [-0.39, 0.29) is 5.41 Å². The van der Waals surface area contributed by atoms with E-state index in [0.717, 1.165) is 37.2 Å². The van der Waals surface area contributed by atoms with Crippen molar-refractivity contribution < 1.29 is 14.6 Å². The molecule has 1 aromatic carbocycles. The van der Waals surface area contributed by atoms with Gasteiger partial charge in [0.1, 0.15) is 11.8 Å². The summed E-state index contributed by atoms with van der Waals surface area (Å²) in [5, 5.41) is 12.6. The van der Waals surface area contributed by atoms with Crippen LogP contribution in [0.5, 0.6) is 5.75 Å². The zero-order chi connectivity index (χ0) is 16.2. The molecule has 0 fully saturated rings. The Morgan fingerprint density at radius 3 is 2.86 bits per heavy atom. The highest BCUT2D eigenvalue weighted by molar-refractivity contribution is 5.73. The fourth-order valence-electron chi connectivity index (χ4n) is 2.75. The standard InChI is InChI=1S/C18H27NO3/c1-18(2,3)10-9-15(17(20)21)19-12-13-6-4-8-16-14(13)7-5-11-22-16/h4,6,8,15,19H,5,7,9-12H2,1-3H3,(H,20,21)/t15-/m0/s1. The summed E-state index contributed by atoms with van der Waals surface area (Å²) < 4.78 is 5.67. The minimum atomic E-state index is -0.773. The van der Waals surface area contributed by atoms with E-state index in [0.29, 0.717) is 13.0 Å². The number of benzene rings is 1. The molecule has 1 aliphatic heterocycles. The van der Waals surface area contributed by atoms with Gasteiger partial charge < -0.3 is 15.2 Å². The SMILES string of the molecule is CC(C)(C)CC[C@H](NCc1cccc2c1CCCO2)C(=O)O. The highest BCUT2D eigenvalue weighted by atomic mass is 16.5. The molecule has 1 atom stereocenters. The fourth-order valence-corrected chi connectivity index (χ4v) is 2.75. The number of nitrogens with one attached hydrogen (secondary N) is 1. The number of fused-ring (bicyclic) bond motifs is 1. The van der Waals surface area contributed by atoms with Crippen molar-refractivity contribution in [2.45, 2.75) is 59.0 Å². The zero-order valence-corrected chi connectivity index (χ0v) is 13.8. The molecule has 0 unspecified atom stereocenters. The van der Waals surface area contributed by atoms with Gasteiger partial charge in [-0.15, -0.1) is 0 Å². The molecule has 0 radical (unpaired) electrons. The molecular formula is C18H27NO3. The van der Waals surface area contributed by atoms with Crippen molar-refractivity contribution in [1.29, 1.82) is 0 Å². The topological polar surface area (TPSA) is 58.6 Å². The smallest absolute Gasteiger partial charge is 0.320 e. The van der Waals surface area contributed by atoms with Crippen molar-refractivity contribution in [3.05, 3.63) is 29.3 Å². The predicted molar refractivity (Wildman–Crippen MR) is 87.2 cm³/mol. The summed E-state index contributed by atoms with van der Waals surface area (Å²) in [6.45, 7) is 7.76. The number of carbonyl (C=O) groups is 1. The van der Waals surface area contributed by atoms with Crippen molar-refractivity contribution in [3.63, 3.8) is 0 Å². The predicted octanol–water partition coefficient (Wildman–Crippen LogP) is 3.38. The van der Waals surface area contributed by atoms with Gasteiger partial charge in [-0.05, 0) is 48.3 Å². The van der Waals surface area contributed by atoms with Crippen LogP contribution >= 0.6 is 0 Å². The largest absolute Gasteiger partial charge is 0.493 e. The first kappa shape index (κ1) is 16.8. The molecule has 2 N–H and O–H groups in total. The Labute approximate surface area is 132 Å². The van der Waals surface area contributed by atoms with Crippen molar-refractivity contribution in [1.82, 2.24) is 5.32 Å². The number of hydrogen-bond acceptors (Lipinski definition) is 3. The molecule has 0 saturated heterocycles. The highest BCUT2D eigenvalue weighted by Crippen LogP contribution is 2.28. The van der Waals surface area contributed by atoms with Crippen molar-refractivity contribution in [3.8, 4) is 5.75 Å². The summed E-state index contributed by atoms with van der Waals surface area (Å²) in [5.74, 6) is 0.178. The van der Waals surface area contributed by atoms with Crippen molar-refractivity contribution >= 4 is 5.97 Å². The number of carboxylic acids is 1. The molecule has 0 spiro atoms. The second-order valence-electron chi connectivity index (χ2n) is 7.22. The average Bonchev–Trinajstić information content (AvgIpc) is 2.45. The van der Waals surface area contributed by atoms with Crippen LogP contribution in [0.4, 0.5) is 0 Å². The Morgan fingerprint density at radius 2 is 2.18 bits per heavy atom. The molecule has 0 bridgehead atoms. The minimum absolute atomic E-state index is 0.148. The normalized spacial score (nSPS) is 15.8. The van der Waals surface area contributed by atoms with Gasteiger partial charge in [0.2, 0.25) is 0 Å². The third kappa shape index (κ3) is 4.73. The summed E-state index contributed by atoms with van der Waals surface area (Å²) in [7, 11) is 0. The van der Waals surface area contributed by atoms with E-state index in [1.165, 1.54) is 5.56 Å². The molecule has 1 aliphatic rings. The Hall–Kier alpha value is -1.55. The lowest BCUT2D eigenvalue weighted by Gasteiger charge is -2.23. The van der Waals surface area contributed by atoms with Crippen LogP contribution in [0, 0.1) is 5.41 Å². The lowest BCUT2D eigenvalue weighted by atomic mass is 9.88. The molecule has 4 heteroatoms. The van der Waals surface area contributed by atoms with Crippen molar-refractivity contribution in [2.75, 3.05) is 6.61 Å². The lowest BCUT2D eigenvalue weighted by Crippen LogP contribution is -2.37. The summed E-state index contributed by atoms with van der Waals surface area (Å²) >= 11 is 0. The molecule has 0 aliphatic carbocycles. The molecule has 4 nitrogen and oxygen atoms in total. The van der Waals surface area contributed by atoms with Gasteiger partial charge in [-0.1, -0.05) is 32.9 Å². The van der Waals surface area contributed by atoms with Crippen LogP contribution in [-0.2, 0) is 17.8 Å². The van der Waals surface area contributed by atoms with Crippen molar-refractivity contribution in [2.24, 2.45) is 5.41 Å². The van der Waals surface area contributed by atoms with E-state index < -0.39 is 12.0 Å². The number of rotatable bonds is 6. The Bertz CT molecular complexity index is 520. The first-order valence-electron chi connectivity index (χ1n) is 8.06.